The van der Waals surface area contributed by atoms with Crippen molar-refractivity contribution in [3.8, 4) is 0 Å². The summed E-state index contributed by atoms with van der Waals surface area (Å²) >= 11 is 0. The average molecular weight is 188 g/mol. The minimum atomic E-state index is -1.32. The molecule has 0 amide bonds. The SMILES string of the molecule is NC1=NC[C@@H]([C@H](O)[C@@H](N)C(=O)O)N1. The van der Waals surface area contributed by atoms with E-state index in [-0.39, 0.29) is 12.5 Å². The maximum atomic E-state index is 10.4. The van der Waals surface area contributed by atoms with Gasteiger partial charge in [0.1, 0.15) is 12.1 Å². The van der Waals surface area contributed by atoms with E-state index in [4.69, 9.17) is 16.6 Å². The fraction of sp³-hybridized carbons (Fsp3) is 0.667. The van der Waals surface area contributed by atoms with Crippen LogP contribution in [0.1, 0.15) is 0 Å². The Hall–Kier alpha value is -1.34. The van der Waals surface area contributed by atoms with E-state index < -0.39 is 24.2 Å². The Bertz CT molecular complexity index is 242. The molecule has 1 rings (SSSR count). The molecule has 0 bridgehead atoms. The summed E-state index contributed by atoms with van der Waals surface area (Å²) in [6, 6.07) is -1.83. The molecule has 1 aliphatic heterocycles. The van der Waals surface area contributed by atoms with Crippen LogP contribution in [0.25, 0.3) is 0 Å². The first-order chi connectivity index (χ1) is 6.02. The van der Waals surface area contributed by atoms with Crippen molar-refractivity contribution in [2.45, 2.75) is 18.2 Å². The first-order valence-electron chi connectivity index (χ1n) is 3.75. The molecule has 0 aromatic rings. The van der Waals surface area contributed by atoms with E-state index >= 15 is 0 Å². The number of rotatable bonds is 3. The molecule has 74 valence electrons. The minimum absolute atomic E-state index is 0.196. The highest BCUT2D eigenvalue weighted by molar-refractivity contribution is 5.80. The molecule has 0 saturated carbocycles. The first kappa shape index (κ1) is 9.75. The molecule has 0 saturated heterocycles. The number of aliphatic carboxylic acids is 1. The largest absolute Gasteiger partial charge is 0.480 e. The van der Waals surface area contributed by atoms with Crippen LogP contribution in [0.2, 0.25) is 0 Å². The van der Waals surface area contributed by atoms with Crippen LogP contribution in [-0.2, 0) is 4.79 Å². The number of hydrogen-bond donors (Lipinski definition) is 5. The molecule has 3 atom stereocenters. The summed E-state index contributed by atoms with van der Waals surface area (Å²) in [6.45, 7) is 0.244. The molecule has 0 unspecified atom stereocenters. The number of aliphatic hydroxyl groups excluding tert-OH is 1. The first-order valence-corrected chi connectivity index (χ1v) is 3.75. The smallest absolute Gasteiger partial charge is 0.323 e. The van der Waals surface area contributed by atoms with Gasteiger partial charge in [-0.15, -0.1) is 0 Å². The maximum absolute atomic E-state index is 10.4. The number of nitrogens with two attached hydrogens (primary N) is 2. The lowest BCUT2D eigenvalue weighted by Crippen LogP contribution is -2.54. The van der Waals surface area contributed by atoms with Crippen molar-refractivity contribution >= 4 is 11.9 Å². The summed E-state index contributed by atoms with van der Waals surface area (Å²) in [5, 5.41) is 20.5. The van der Waals surface area contributed by atoms with Crippen LogP contribution < -0.4 is 16.8 Å². The molecule has 1 heterocycles. The number of aliphatic imine (C=N–C) groups is 1. The van der Waals surface area contributed by atoms with Gasteiger partial charge in [0.2, 0.25) is 0 Å². The van der Waals surface area contributed by atoms with Crippen LogP contribution in [0.4, 0.5) is 0 Å². The molecule has 0 aromatic carbocycles. The fourth-order valence-electron chi connectivity index (χ4n) is 1.07. The van der Waals surface area contributed by atoms with Gasteiger partial charge in [-0.3, -0.25) is 9.79 Å². The highest BCUT2D eigenvalue weighted by Gasteiger charge is 2.32. The number of aliphatic hydroxyl groups is 1. The number of carboxylic acid groups (broad SMARTS) is 1. The number of carbonyl (C=O) groups is 1. The molecule has 7 nitrogen and oxygen atoms in total. The van der Waals surface area contributed by atoms with Gasteiger partial charge in [-0.25, -0.2) is 0 Å². The van der Waals surface area contributed by atoms with Crippen molar-refractivity contribution < 1.29 is 15.0 Å². The van der Waals surface area contributed by atoms with Crippen LogP contribution >= 0.6 is 0 Å². The predicted octanol–water partition coefficient (Wildman–Crippen LogP) is -2.95. The number of guanidine groups is 1. The van der Waals surface area contributed by atoms with Gasteiger partial charge in [-0.2, -0.15) is 0 Å². The molecular weight excluding hydrogens is 176 g/mol. The Kier molecular flexibility index (Phi) is 2.69. The monoisotopic (exact) mass is 188 g/mol. The Morgan fingerprint density at radius 2 is 2.38 bits per heavy atom. The highest BCUT2D eigenvalue weighted by atomic mass is 16.4. The molecule has 0 radical (unpaired) electrons. The molecule has 13 heavy (non-hydrogen) atoms. The van der Waals surface area contributed by atoms with Gasteiger partial charge >= 0.3 is 5.97 Å². The van der Waals surface area contributed by atoms with Gasteiger partial charge in [-0.05, 0) is 0 Å². The van der Waals surface area contributed by atoms with Gasteiger partial charge in [0, 0.05) is 0 Å². The number of carboxylic acids is 1. The molecule has 0 fully saturated rings. The summed E-state index contributed by atoms with van der Waals surface area (Å²) in [5.41, 5.74) is 10.5. The van der Waals surface area contributed by atoms with E-state index in [1.807, 2.05) is 0 Å². The summed E-state index contributed by atoms with van der Waals surface area (Å²) in [5.74, 6) is -1.05. The molecule has 7 N–H and O–H groups in total. The Balaban J connectivity index is 2.50. The standard InChI is InChI=1S/C6H12N4O3/c7-3(5(12)13)4(11)2-1-9-6(8)10-2/h2-4,11H,1,7H2,(H,12,13)(H3,8,9,10)/t2-,3+,4-/m0/s1. The summed E-state index contributed by atoms with van der Waals surface area (Å²) in [6.07, 6.45) is -1.19. The number of nitrogens with one attached hydrogen (secondary N) is 1. The van der Waals surface area contributed by atoms with Gasteiger partial charge < -0.3 is 27.0 Å². The second-order valence-electron chi connectivity index (χ2n) is 2.83. The average Bonchev–Trinajstić information content (AvgIpc) is 2.49. The lowest BCUT2D eigenvalue weighted by molar-refractivity contribution is -0.141. The maximum Gasteiger partial charge on any atom is 0.323 e. The zero-order valence-electron chi connectivity index (χ0n) is 6.84. The lowest BCUT2D eigenvalue weighted by atomic mass is 10.1. The Morgan fingerprint density at radius 3 is 2.77 bits per heavy atom. The summed E-state index contributed by atoms with van der Waals surface area (Å²) in [7, 11) is 0. The molecule has 0 aliphatic carbocycles. The van der Waals surface area contributed by atoms with Crippen LogP contribution in [-0.4, -0.2) is 46.9 Å². The van der Waals surface area contributed by atoms with Gasteiger partial charge in [0.15, 0.2) is 5.96 Å². The topological polar surface area (TPSA) is 134 Å². The van der Waals surface area contributed by atoms with Crippen molar-refractivity contribution in [1.82, 2.24) is 5.32 Å². The second kappa shape index (κ2) is 3.58. The van der Waals surface area contributed by atoms with Crippen molar-refractivity contribution in [1.29, 1.82) is 0 Å². The van der Waals surface area contributed by atoms with E-state index in [0.29, 0.717) is 0 Å². The minimum Gasteiger partial charge on any atom is -0.480 e. The van der Waals surface area contributed by atoms with E-state index in [1.165, 1.54) is 0 Å². The third-order valence-corrected chi connectivity index (χ3v) is 1.86. The highest BCUT2D eigenvalue weighted by Crippen LogP contribution is 2.03. The van der Waals surface area contributed by atoms with Gasteiger partial charge in [-0.1, -0.05) is 0 Å². The van der Waals surface area contributed by atoms with Crippen molar-refractivity contribution in [2.75, 3.05) is 6.54 Å². The zero-order chi connectivity index (χ0) is 10.0. The lowest BCUT2D eigenvalue weighted by Gasteiger charge is -2.21. The normalized spacial score (nSPS) is 26.0. The van der Waals surface area contributed by atoms with Crippen molar-refractivity contribution in [3.63, 3.8) is 0 Å². The quantitative estimate of drug-likeness (QED) is 0.321. The Morgan fingerprint density at radius 1 is 1.77 bits per heavy atom. The molecular formula is C6H12N4O3. The molecule has 0 aromatic heterocycles. The number of nitrogens with zero attached hydrogens (tertiary/aromatic N) is 1. The molecule has 0 spiro atoms. The van der Waals surface area contributed by atoms with Crippen LogP contribution in [0.5, 0.6) is 0 Å². The third kappa shape index (κ3) is 2.07. The van der Waals surface area contributed by atoms with Crippen molar-refractivity contribution in [3.05, 3.63) is 0 Å². The third-order valence-electron chi connectivity index (χ3n) is 1.86. The van der Waals surface area contributed by atoms with Gasteiger partial charge in [0.25, 0.3) is 0 Å². The Labute approximate surface area is 74.4 Å². The van der Waals surface area contributed by atoms with E-state index in [2.05, 4.69) is 10.3 Å². The van der Waals surface area contributed by atoms with E-state index in [0.717, 1.165) is 0 Å². The molecule has 1 aliphatic rings. The fourth-order valence-corrected chi connectivity index (χ4v) is 1.07. The van der Waals surface area contributed by atoms with Crippen LogP contribution in [0.15, 0.2) is 4.99 Å². The van der Waals surface area contributed by atoms with Crippen molar-refractivity contribution in [2.24, 2.45) is 16.5 Å². The van der Waals surface area contributed by atoms with Gasteiger partial charge in [0.05, 0.1) is 12.6 Å². The summed E-state index contributed by atoms with van der Waals surface area (Å²) < 4.78 is 0. The van der Waals surface area contributed by atoms with E-state index in [9.17, 15) is 9.90 Å². The number of hydrogen-bond acceptors (Lipinski definition) is 6. The van der Waals surface area contributed by atoms with Crippen LogP contribution in [0, 0.1) is 0 Å². The second-order valence-corrected chi connectivity index (χ2v) is 2.83. The molecule has 7 heteroatoms. The summed E-state index contributed by atoms with van der Waals surface area (Å²) in [4.78, 5) is 14.2. The predicted molar refractivity (Wildman–Crippen MR) is 45.0 cm³/mol. The van der Waals surface area contributed by atoms with E-state index in [1.54, 1.807) is 0 Å². The van der Waals surface area contributed by atoms with Crippen LogP contribution in [0.3, 0.4) is 0 Å². The zero-order valence-corrected chi connectivity index (χ0v) is 6.84.